The van der Waals surface area contributed by atoms with Crippen LogP contribution in [0.1, 0.15) is 18.1 Å². The molecular formula is C11H13F3S. The van der Waals surface area contributed by atoms with Crippen LogP contribution in [0.2, 0.25) is 0 Å². The minimum atomic E-state index is -4.23. The third kappa shape index (κ3) is 3.78. The summed E-state index contributed by atoms with van der Waals surface area (Å²) in [5.74, 6) is 0. The van der Waals surface area contributed by atoms with Gasteiger partial charge in [-0.1, -0.05) is 19.1 Å². The summed E-state index contributed by atoms with van der Waals surface area (Å²) in [5.41, 5.74) is 0.368. The van der Waals surface area contributed by atoms with E-state index in [0.717, 1.165) is 24.1 Å². The van der Waals surface area contributed by atoms with E-state index in [0.29, 0.717) is 5.25 Å². The highest BCUT2D eigenvalue weighted by Crippen LogP contribution is 2.29. The average Bonchev–Trinajstić information content (AvgIpc) is 2.17. The van der Waals surface area contributed by atoms with Crippen molar-refractivity contribution < 1.29 is 13.2 Å². The highest BCUT2D eigenvalue weighted by molar-refractivity contribution is 7.99. The Morgan fingerprint density at radius 2 is 1.73 bits per heavy atom. The van der Waals surface area contributed by atoms with Gasteiger partial charge < -0.3 is 0 Å². The van der Waals surface area contributed by atoms with Crippen molar-refractivity contribution in [2.45, 2.75) is 24.8 Å². The smallest absolute Gasteiger partial charge is 0.166 e. The van der Waals surface area contributed by atoms with Gasteiger partial charge in [-0.3, -0.25) is 0 Å². The van der Waals surface area contributed by atoms with Gasteiger partial charge in [-0.25, -0.2) is 0 Å². The van der Waals surface area contributed by atoms with Gasteiger partial charge in [0.2, 0.25) is 0 Å². The molecule has 1 unspecified atom stereocenters. The van der Waals surface area contributed by atoms with Gasteiger partial charge in [0.05, 0.1) is 5.56 Å². The SMILES string of the molecule is CSC(C)Cc1ccc(C(F)(F)F)cc1. The normalized spacial score (nSPS) is 13.9. The van der Waals surface area contributed by atoms with Gasteiger partial charge >= 0.3 is 6.18 Å². The molecule has 0 N–H and O–H groups in total. The number of hydrogen-bond donors (Lipinski definition) is 0. The minimum Gasteiger partial charge on any atom is -0.166 e. The Kier molecular flexibility index (Phi) is 4.08. The van der Waals surface area contributed by atoms with E-state index in [1.54, 1.807) is 23.9 Å². The molecule has 15 heavy (non-hydrogen) atoms. The highest BCUT2D eigenvalue weighted by atomic mass is 32.2. The van der Waals surface area contributed by atoms with E-state index >= 15 is 0 Å². The molecule has 0 aliphatic heterocycles. The molecule has 0 bridgehead atoms. The van der Waals surface area contributed by atoms with Gasteiger partial charge in [-0.15, -0.1) is 0 Å². The molecule has 1 rings (SSSR count). The van der Waals surface area contributed by atoms with Crippen LogP contribution >= 0.6 is 11.8 Å². The Balaban J connectivity index is 2.73. The second kappa shape index (κ2) is 4.92. The third-order valence-corrected chi connectivity index (χ3v) is 3.18. The van der Waals surface area contributed by atoms with E-state index in [9.17, 15) is 13.2 Å². The van der Waals surface area contributed by atoms with Crippen molar-refractivity contribution in [3.05, 3.63) is 35.4 Å². The van der Waals surface area contributed by atoms with Crippen LogP contribution < -0.4 is 0 Å². The number of hydrogen-bond acceptors (Lipinski definition) is 1. The first-order valence-electron chi connectivity index (χ1n) is 4.62. The number of thioether (sulfide) groups is 1. The molecule has 1 atom stereocenters. The maximum atomic E-state index is 12.2. The Bertz CT molecular complexity index is 303. The van der Waals surface area contributed by atoms with E-state index in [2.05, 4.69) is 6.92 Å². The quantitative estimate of drug-likeness (QED) is 0.761. The zero-order valence-electron chi connectivity index (χ0n) is 8.64. The number of benzene rings is 1. The van der Waals surface area contributed by atoms with Crippen LogP contribution in [0.4, 0.5) is 13.2 Å². The summed E-state index contributed by atoms with van der Waals surface area (Å²) in [6.45, 7) is 2.06. The molecule has 0 amide bonds. The molecule has 0 saturated carbocycles. The van der Waals surface area contributed by atoms with Crippen LogP contribution in [0, 0.1) is 0 Å². The highest BCUT2D eigenvalue weighted by Gasteiger charge is 2.29. The maximum absolute atomic E-state index is 12.2. The molecule has 84 valence electrons. The average molecular weight is 234 g/mol. The van der Waals surface area contributed by atoms with Gasteiger partial charge in [-0.05, 0) is 30.4 Å². The van der Waals surface area contributed by atoms with Crippen molar-refractivity contribution in [1.29, 1.82) is 0 Å². The molecule has 0 heterocycles. The molecular weight excluding hydrogens is 221 g/mol. The number of alkyl halides is 3. The van der Waals surface area contributed by atoms with Gasteiger partial charge in [0.25, 0.3) is 0 Å². The van der Waals surface area contributed by atoms with Crippen molar-refractivity contribution in [1.82, 2.24) is 0 Å². The minimum absolute atomic E-state index is 0.432. The topological polar surface area (TPSA) is 0 Å². The second-order valence-electron chi connectivity index (χ2n) is 3.45. The fourth-order valence-electron chi connectivity index (χ4n) is 1.25. The summed E-state index contributed by atoms with van der Waals surface area (Å²) >= 11 is 1.71. The molecule has 0 fully saturated rings. The van der Waals surface area contributed by atoms with Crippen molar-refractivity contribution in [3.8, 4) is 0 Å². The van der Waals surface area contributed by atoms with Crippen LogP contribution in [-0.2, 0) is 12.6 Å². The van der Waals surface area contributed by atoms with Crippen LogP contribution in [0.5, 0.6) is 0 Å². The monoisotopic (exact) mass is 234 g/mol. The standard InChI is InChI=1S/C11H13F3S/c1-8(15-2)7-9-3-5-10(6-4-9)11(12,13)14/h3-6,8H,7H2,1-2H3. The number of rotatable bonds is 3. The summed E-state index contributed by atoms with van der Waals surface area (Å²) in [4.78, 5) is 0. The zero-order chi connectivity index (χ0) is 11.5. The van der Waals surface area contributed by atoms with Crippen LogP contribution in [0.25, 0.3) is 0 Å². The molecule has 0 nitrogen and oxygen atoms in total. The molecule has 0 aliphatic carbocycles. The lowest BCUT2D eigenvalue weighted by molar-refractivity contribution is -0.137. The van der Waals surface area contributed by atoms with E-state index in [1.165, 1.54) is 0 Å². The summed E-state index contributed by atoms with van der Waals surface area (Å²) in [7, 11) is 0. The van der Waals surface area contributed by atoms with Crippen molar-refractivity contribution >= 4 is 11.8 Å². The Hall–Kier alpha value is -0.640. The third-order valence-electron chi connectivity index (χ3n) is 2.21. The van der Waals surface area contributed by atoms with Crippen LogP contribution in [0.3, 0.4) is 0 Å². The fraction of sp³-hybridized carbons (Fsp3) is 0.455. The molecule has 0 aromatic heterocycles. The van der Waals surface area contributed by atoms with E-state index in [-0.39, 0.29) is 0 Å². The largest absolute Gasteiger partial charge is 0.416 e. The summed E-state index contributed by atoms with van der Waals surface area (Å²) < 4.78 is 36.7. The molecule has 1 aromatic carbocycles. The first-order chi connectivity index (χ1) is 6.93. The Morgan fingerprint density at radius 1 is 1.20 bits per heavy atom. The van der Waals surface area contributed by atoms with Crippen molar-refractivity contribution in [2.24, 2.45) is 0 Å². The zero-order valence-corrected chi connectivity index (χ0v) is 9.45. The van der Waals surface area contributed by atoms with E-state index in [1.807, 2.05) is 6.26 Å². The summed E-state index contributed by atoms with van der Waals surface area (Å²) in [6.07, 6.45) is -1.43. The summed E-state index contributed by atoms with van der Waals surface area (Å²) in [5, 5.41) is 0.432. The predicted molar refractivity (Wildman–Crippen MR) is 58.1 cm³/mol. The summed E-state index contributed by atoms with van der Waals surface area (Å²) in [6, 6.07) is 5.38. The first kappa shape index (κ1) is 12.4. The maximum Gasteiger partial charge on any atom is 0.416 e. The van der Waals surface area contributed by atoms with Gasteiger partial charge in [-0.2, -0.15) is 24.9 Å². The Labute approximate surface area is 91.9 Å². The number of halogens is 3. The lowest BCUT2D eigenvalue weighted by atomic mass is 10.1. The molecule has 0 saturated heterocycles. The lowest BCUT2D eigenvalue weighted by Gasteiger charge is -2.10. The van der Waals surface area contributed by atoms with E-state index in [4.69, 9.17) is 0 Å². The molecule has 0 spiro atoms. The van der Waals surface area contributed by atoms with Crippen LogP contribution in [0.15, 0.2) is 24.3 Å². The molecule has 0 radical (unpaired) electrons. The van der Waals surface area contributed by atoms with Gasteiger partial charge in [0, 0.05) is 5.25 Å². The van der Waals surface area contributed by atoms with Crippen molar-refractivity contribution in [2.75, 3.05) is 6.26 Å². The second-order valence-corrected chi connectivity index (χ2v) is 4.72. The fourth-order valence-corrected chi connectivity index (χ4v) is 1.60. The van der Waals surface area contributed by atoms with Crippen molar-refractivity contribution in [3.63, 3.8) is 0 Å². The van der Waals surface area contributed by atoms with Gasteiger partial charge in [0.1, 0.15) is 0 Å². The molecule has 0 aliphatic rings. The lowest BCUT2D eigenvalue weighted by Crippen LogP contribution is -2.05. The Morgan fingerprint density at radius 3 is 2.13 bits per heavy atom. The van der Waals surface area contributed by atoms with Crippen LogP contribution in [-0.4, -0.2) is 11.5 Å². The van der Waals surface area contributed by atoms with E-state index < -0.39 is 11.7 Å². The molecule has 4 heteroatoms. The molecule has 1 aromatic rings. The van der Waals surface area contributed by atoms with Gasteiger partial charge in [0.15, 0.2) is 0 Å². The first-order valence-corrected chi connectivity index (χ1v) is 5.91. The predicted octanol–water partition coefficient (Wildman–Crippen LogP) is 4.00.